The predicted octanol–water partition coefficient (Wildman–Crippen LogP) is 10.9. The molecule has 0 bridgehead atoms. The van der Waals surface area contributed by atoms with Crippen molar-refractivity contribution in [2.75, 3.05) is 88.4 Å². The molecule has 20 nitrogen and oxygen atoms in total. The number of likely N-dealkylation sites (tertiary alicyclic amines) is 1. The quantitative estimate of drug-likeness (QED) is 0.0890. The highest BCUT2D eigenvalue weighted by Crippen LogP contribution is 2.24. The Kier molecular flexibility index (Phi) is 20.1. The van der Waals surface area contributed by atoms with Gasteiger partial charge in [-0.25, -0.2) is 15.0 Å². The predicted molar refractivity (Wildman–Crippen MR) is 355 cm³/mol. The minimum atomic E-state index is -0.307. The SMILES string of the molecule is Cc1ncc(-c2ccc(C(=O)N3CCC3)cc2)nc1C(=O)Nc1ccccc1.Cc1ncc(-c2ccc(C(=O)N3CCN(C)CC3)cc2)nc1C(=O)Nc1ccccc1.Cc1ncc(-c2ccc(C(=O)N3CCNCC3)cc2)nc1C(=O)Nc1ccccc1.[HH].[HH].[HH].[HH].[HH].[HH]. The summed E-state index contributed by atoms with van der Waals surface area (Å²) in [4.78, 5) is 110. The summed E-state index contributed by atoms with van der Waals surface area (Å²) < 4.78 is 0. The number of anilines is 3. The van der Waals surface area contributed by atoms with Crippen LogP contribution in [0.5, 0.6) is 0 Å². The van der Waals surface area contributed by atoms with Crippen molar-refractivity contribution in [2.45, 2.75) is 27.2 Å². The van der Waals surface area contributed by atoms with E-state index in [9.17, 15) is 28.8 Å². The largest absolute Gasteiger partial charge is 0.339 e. The third kappa shape index (κ3) is 15.8. The zero-order valence-electron chi connectivity index (χ0n) is 50.0. The van der Waals surface area contributed by atoms with Crippen molar-refractivity contribution < 1.29 is 37.3 Å². The first kappa shape index (κ1) is 61.4. The van der Waals surface area contributed by atoms with Gasteiger partial charge in [0.1, 0.15) is 17.1 Å². The first-order chi connectivity index (χ1) is 43.2. The Bertz CT molecular complexity index is 3980. The second-order valence-corrected chi connectivity index (χ2v) is 21.5. The number of carbonyl (C=O) groups is 6. The highest BCUT2D eigenvalue weighted by molar-refractivity contribution is 6.05. The Morgan fingerprint density at radius 3 is 0.966 bits per heavy atom. The standard InChI is InChI=1S/C24H25N5O2.C23H23N5O2.C22H20N4O2.6H2/c1-17-22(23(30)26-20-6-4-3-5-7-20)27-21(16-25-17)18-8-10-19(11-9-18)24(31)29-14-12-28(2)13-15-29;1-16-21(22(29)26-19-5-3-2-4-6-19)27-20(15-25-16)17-7-9-18(10-8-17)23(30)28-13-11-24-12-14-28;1-15-20(21(27)24-18-6-3-2-4-7-18)25-19(14-23-15)16-8-10-17(11-9-16)22(28)26-12-5-13-26;;;;;;/h3-11,16H,12-15H2,1-2H3,(H,26,30);2-10,15,24H,11-14H2,1H3,(H,26,29);2-4,6-11,14H,5,12-13H2,1H3,(H,24,27);6*1H. The van der Waals surface area contributed by atoms with Crippen LogP contribution in [0, 0.1) is 20.8 Å². The van der Waals surface area contributed by atoms with Gasteiger partial charge in [0.15, 0.2) is 0 Å². The molecule has 0 atom stereocenters. The normalized spacial score (nSPS) is 13.7. The van der Waals surface area contributed by atoms with Crippen LogP contribution >= 0.6 is 0 Å². The van der Waals surface area contributed by atoms with Crippen LogP contribution in [0.4, 0.5) is 17.1 Å². The van der Waals surface area contributed by atoms with Gasteiger partial charge in [0.25, 0.3) is 35.4 Å². The molecular formula is C69H80N14O6. The number of hydrogen-bond acceptors (Lipinski definition) is 14. The van der Waals surface area contributed by atoms with Gasteiger partial charge < -0.3 is 40.9 Å². The van der Waals surface area contributed by atoms with Crippen molar-refractivity contribution in [2.24, 2.45) is 0 Å². The van der Waals surface area contributed by atoms with Crippen LogP contribution in [0.2, 0.25) is 0 Å². The number of nitrogens with one attached hydrogen (secondary N) is 4. The van der Waals surface area contributed by atoms with Gasteiger partial charge in [-0.1, -0.05) is 91.0 Å². The Hall–Kier alpha value is -10.7. The van der Waals surface area contributed by atoms with Gasteiger partial charge in [0, 0.05) is 124 Å². The summed E-state index contributed by atoms with van der Waals surface area (Å²) in [6.07, 6.45) is 5.99. The molecule has 6 heterocycles. The van der Waals surface area contributed by atoms with Crippen molar-refractivity contribution in [3.63, 3.8) is 0 Å². The van der Waals surface area contributed by atoms with E-state index in [0.29, 0.717) is 81.0 Å². The average Bonchev–Trinajstić information content (AvgIpc) is 0.855. The Balaban J connectivity index is 0.000000294. The maximum Gasteiger partial charge on any atom is 0.276 e. The van der Waals surface area contributed by atoms with Crippen molar-refractivity contribution in [1.29, 1.82) is 0 Å². The smallest absolute Gasteiger partial charge is 0.276 e. The maximum absolute atomic E-state index is 12.7. The van der Waals surface area contributed by atoms with E-state index in [0.717, 1.165) is 75.5 Å². The van der Waals surface area contributed by atoms with Crippen LogP contribution in [0.25, 0.3) is 33.8 Å². The zero-order valence-corrected chi connectivity index (χ0v) is 50.0. The number of amides is 6. The summed E-state index contributed by atoms with van der Waals surface area (Å²) in [6.45, 7) is 13.2. The van der Waals surface area contributed by atoms with Crippen LogP contribution in [-0.4, -0.2) is 157 Å². The lowest BCUT2D eigenvalue weighted by Crippen LogP contribution is -2.47. The minimum absolute atomic E-state index is 0. The van der Waals surface area contributed by atoms with Gasteiger partial charge in [0.2, 0.25) is 0 Å². The summed E-state index contributed by atoms with van der Waals surface area (Å²) >= 11 is 0. The lowest BCUT2D eigenvalue weighted by Gasteiger charge is -2.32. The number of carbonyl (C=O) groups excluding carboxylic acids is 6. The van der Waals surface area contributed by atoms with Crippen LogP contribution in [0.1, 0.15) is 94.6 Å². The molecule has 0 radical (unpaired) electrons. The van der Waals surface area contributed by atoms with Gasteiger partial charge in [-0.15, -0.1) is 0 Å². The number of likely N-dealkylation sites (N-methyl/N-ethyl adjacent to an activating group) is 1. The van der Waals surface area contributed by atoms with E-state index in [1.54, 1.807) is 75.8 Å². The number of aromatic nitrogens is 6. The van der Waals surface area contributed by atoms with Crippen molar-refractivity contribution in [3.05, 3.63) is 233 Å². The topological polar surface area (TPSA) is 241 Å². The second-order valence-electron chi connectivity index (χ2n) is 21.5. The number of hydrogen-bond donors (Lipinski definition) is 4. The van der Waals surface area contributed by atoms with Gasteiger partial charge >= 0.3 is 0 Å². The van der Waals surface area contributed by atoms with E-state index in [1.165, 1.54) is 0 Å². The van der Waals surface area contributed by atoms with Gasteiger partial charge in [-0.05, 0) is 107 Å². The molecule has 3 aliphatic rings. The molecule has 3 aromatic heterocycles. The molecule has 0 saturated carbocycles. The van der Waals surface area contributed by atoms with Gasteiger partial charge in [-0.2, -0.15) is 0 Å². The zero-order chi connectivity index (χ0) is 62.2. The monoisotopic (exact) mass is 1200 g/mol. The number of aryl methyl sites for hydroxylation is 3. The fourth-order valence-corrected chi connectivity index (χ4v) is 9.84. The summed E-state index contributed by atoms with van der Waals surface area (Å²) in [5.41, 5.74) is 10.7. The Morgan fingerprint density at radius 1 is 0.382 bits per heavy atom. The van der Waals surface area contributed by atoms with E-state index in [2.05, 4.69) is 63.1 Å². The number of nitrogens with zero attached hydrogens (tertiary/aromatic N) is 10. The van der Waals surface area contributed by atoms with Crippen molar-refractivity contribution in [1.82, 2.24) is 54.8 Å². The highest BCUT2D eigenvalue weighted by Gasteiger charge is 2.24. The maximum atomic E-state index is 12.7. The molecular weight excluding hydrogens is 1120 g/mol. The summed E-state index contributed by atoms with van der Waals surface area (Å²) in [6, 6.07) is 49.6. The van der Waals surface area contributed by atoms with E-state index in [1.807, 2.05) is 142 Å². The Labute approximate surface area is 525 Å². The molecule has 3 fully saturated rings. The first-order valence-electron chi connectivity index (χ1n) is 29.4. The molecule has 12 rings (SSSR count). The molecule has 6 aromatic carbocycles. The van der Waals surface area contributed by atoms with Gasteiger partial charge in [-0.3, -0.25) is 43.7 Å². The summed E-state index contributed by atoms with van der Waals surface area (Å²) in [7, 11) is 2.06. The van der Waals surface area contributed by atoms with Crippen LogP contribution in [0.15, 0.2) is 182 Å². The van der Waals surface area contributed by atoms with Crippen molar-refractivity contribution >= 4 is 52.5 Å². The molecule has 9 aromatic rings. The molecule has 20 heteroatoms. The molecule has 3 aliphatic heterocycles. The number of piperazine rings is 2. The summed E-state index contributed by atoms with van der Waals surface area (Å²) in [5, 5.41) is 11.8. The molecule has 89 heavy (non-hydrogen) atoms. The molecule has 0 unspecified atom stereocenters. The van der Waals surface area contributed by atoms with Crippen LogP contribution < -0.4 is 21.3 Å². The molecule has 462 valence electrons. The fraction of sp³-hybridized carbons (Fsp3) is 0.217. The molecule has 0 aliphatic carbocycles. The molecule has 3 saturated heterocycles. The van der Waals surface area contributed by atoms with Gasteiger partial charge in [0.05, 0.1) is 52.8 Å². The third-order valence-electron chi connectivity index (χ3n) is 15.2. The molecule has 6 amide bonds. The number of rotatable bonds is 12. The summed E-state index contributed by atoms with van der Waals surface area (Å²) in [5.74, 6) is -0.796. The highest BCUT2D eigenvalue weighted by atomic mass is 16.2. The second kappa shape index (κ2) is 29.1. The molecule has 4 N–H and O–H groups in total. The van der Waals surface area contributed by atoms with E-state index < -0.39 is 0 Å². The fourth-order valence-electron chi connectivity index (χ4n) is 9.84. The number of para-hydroxylation sites is 3. The minimum Gasteiger partial charge on any atom is -0.339 e. The van der Waals surface area contributed by atoms with E-state index in [4.69, 9.17) is 0 Å². The lowest BCUT2D eigenvalue weighted by molar-refractivity contribution is 0.0648. The Morgan fingerprint density at radius 2 is 0.674 bits per heavy atom. The lowest BCUT2D eigenvalue weighted by atomic mass is 10.1. The molecule has 0 spiro atoms. The van der Waals surface area contributed by atoms with Crippen LogP contribution in [0.3, 0.4) is 0 Å². The number of benzene rings is 6. The van der Waals surface area contributed by atoms with E-state index >= 15 is 0 Å². The first-order valence-corrected chi connectivity index (χ1v) is 29.4. The van der Waals surface area contributed by atoms with E-state index in [-0.39, 0.29) is 61.1 Å². The average molecular weight is 1200 g/mol. The third-order valence-corrected chi connectivity index (χ3v) is 15.2. The van der Waals surface area contributed by atoms with Crippen LogP contribution in [-0.2, 0) is 0 Å². The van der Waals surface area contributed by atoms with Crippen molar-refractivity contribution in [3.8, 4) is 33.8 Å².